The van der Waals surface area contributed by atoms with Crippen LogP contribution in [0.4, 0.5) is 5.69 Å². The first-order valence-corrected chi connectivity index (χ1v) is 10.8. The fraction of sp³-hybridized carbons (Fsp3) is 0.208. The lowest BCUT2D eigenvalue weighted by molar-refractivity contribution is -0.111. The Balaban J connectivity index is 2.11. The van der Waals surface area contributed by atoms with Crippen LogP contribution in [0.25, 0.3) is 11.6 Å². The first-order chi connectivity index (χ1) is 15.0. The van der Waals surface area contributed by atoms with E-state index in [0.717, 1.165) is 22.5 Å². The third-order valence-corrected chi connectivity index (χ3v) is 5.72. The molecule has 1 N–H and O–H groups in total. The molecule has 0 aliphatic carbocycles. The smallest absolute Gasteiger partial charge is 0.269 e. The normalized spacial score (nSPS) is 12.3. The van der Waals surface area contributed by atoms with Crippen molar-refractivity contribution < 1.29 is 9.53 Å². The minimum atomic E-state index is -0.583. The SMILES string of the molecule is CCOc1ccccc1NC(=O)/C(C#N)=c1\s/c(=C\c2ccc(C)cc2)c(=O)n1CC. The summed E-state index contributed by atoms with van der Waals surface area (Å²) in [5, 5.41) is 12.5. The molecule has 2 aromatic carbocycles. The summed E-state index contributed by atoms with van der Waals surface area (Å²) in [7, 11) is 0. The Hall–Kier alpha value is -3.63. The van der Waals surface area contributed by atoms with E-state index in [0.29, 0.717) is 33.8 Å². The predicted octanol–water partition coefficient (Wildman–Crippen LogP) is 2.78. The number of rotatable bonds is 6. The maximum absolute atomic E-state index is 12.9. The lowest BCUT2D eigenvalue weighted by atomic mass is 10.1. The zero-order valence-electron chi connectivity index (χ0n) is 17.6. The van der Waals surface area contributed by atoms with Crippen molar-refractivity contribution in [3.8, 4) is 11.8 Å². The van der Waals surface area contributed by atoms with E-state index in [9.17, 15) is 14.9 Å². The van der Waals surface area contributed by atoms with Crippen LogP contribution in [0.15, 0.2) is 53.3 Å². The Labute approximate surface area is 184 Å². The van der Waals surface area contributed by atoms with Gasteiger partial charge in [-0.25, -0.2) is 0 Å². The van der Waals surface area contributed by atoms with Gasteiger partial charge in [-0.3, -0.25) is 14.2 Å². The summed E-state index contributed by atoms with van der Waals surface area (Å²) < 4.78 is 7.79. The number of aromatic nitrogens is 1. The minimum Gasteiger partial charge on any atom is -0.492 e. The van der Waals surface area contributed by atoms with E-state index in [2.05, 4.69) is 5.32 Å². The summed E-state index contributed by atoms with van der Waals surface area (Å²) in [5.41, 5.74) is 2.14. The number of para-hydroxylation sites is 2. The van der Waals surface area contributed by atoms with E-state index in [1.54, 1.807) is 30.3 Å². The van der Waals surface area contributed by atoms with Crippen LogP contribution in [0, 0.1) is 18.3 Å². The number of carbonyl (C=O) groups is 1. The zero-order chi connectivity index (χ0) is 22.4. The molecule has 31 heavy (non-hydrogen) atoms. The quantitative estimate of drug-likeness (QED) is 0.648. The highest BCUT2D eigenvalue weighted by molar-refractivity contribution is 7.07. The highest BCUT2D eigenvalue weighted by Crippen LogP contribution is 2.24. The molecule has 3 aromatic rings. The Kier molecular flexibility index (Phi) is 7.06. The molecule has 3 rings (SSSR count). The fourth-order valence-electron chi connectivity index (χ4n) is 3.04. The molecule has 1 heterocycles. The number of thiazole rings is 1. The number of anilines is 1. The maximum atomic E-state index is 12.9. The van der Waals surface area contributed by atoms with E-state index < -0.39 is 5.91 Å². The molecule has 7 heteroatoms. The minimum absolute atomic E-state index is 0.112. The van der Waals surface area contributed by atoms with Crippen LogP contribution in [0.1, 0.15) is 25.0 Å². The van der Waals surface area contributed by atoms with Gasteiger partial charge in [-0.15, -0.1) is 11.3 Å². The fourth-order valence-corrected chi connectivity index (χ4v) is 4.20. The highest BCUT2D eigenvalue weighted by Gasteiger charge is 2.17. The number of benzene rings is 2. The standard InChI is InChI=1S/C24H23N3O3S/c1-4-27-23(29)21(14-17-12-10-16(3)11-13-17)31-24(27)18(15-25)22(28)26-19-8-6-7-9-20(19)30-5-2/h6-14H,4-5H2,1-3H3,(H,26,28)/b21-14-,24-18-. The van der Waals surface area contributed by atoms with E-state index in [1.807, 2.05) is 51.1 Å². The summed E-state index contributed by atoms with van der Waals surface area (Å²) in [6.07, 6.45) is 1.78. The predicted molar refractivity (Wildman–Crippen MR) is 124 cm³/mol. The van der Waals surface area contributed by atoms with Gasteiger partial charge in [-0.05, 0) is 44.5 Å². The monoisotopic (exact) mass is 433 g/mol. The van der Waals surface area contributed by atoms with Crippen LogP contribution in [0.3, 0.4) is 0 Å². The van der Waals surface area contributed by atoms with E-state index >= 15 is 0 Å². The summed E-state index contributed by atoms with van der Waals surface area (Å²) in [6.45, 7) is 6.45. The largest absolute Gasteiger partial charge is 0.492 e. The van der Waals surface area contributed by atoms with E-state index in [-0.39, 0.29) is 11.1 Å². The van der Waals surface area contributed by atoms with Gasteiger partial charge in [0.05, 0.1) is 16.8 Å². The molecule has 0 fully saturated rings. The average molecular weight is 434 g/mol. The molecule has 0 bridgehead atoms. The van der Waals surface area contributed by atoms with Crippen molar-refractivity contribution in [2.75, 3.05) is 11.9 Å². The van der Waals surface area contributed by atoms with E-state index in [1.165, 1.54) is 4.57 Å². The van der Waals surface area contributed by atoms with Crippen LogP contribution < -0.4 is 24.8 Å². The van der Waals surface area contributed by atoms with Gasteiger partial charge in [-0.1, -0.05) is 42.0 Å². The summed E-state index contributed by atoms with van der Waals surface area (Å²) in [6, 6.07) is 16.8. The number of nitrogens with one attached hydrogen (secondary N) is 1. The zero-order valence-corrected chi connectivity index (χ0v) is 18.5. The highest BCUT2D eigenvalue weighted by atomic mass is 32.1. The van der Waals surface area contributed by atoms with E-state index in [4.69, 9.17) is 4.74 Å². The molecular formula is C24H23N3O3S. The topological polar surface area (TPSA) is 84.1 Å². The summed E-state index contributed by atoms with van der Waals surface area (Å²) >= 11 is 1.14. The van der Waals surface area contributed by atoms with Crippen molar-refractivity contribution >= 4 is 34.6 Å². The second kappa shape index (κ2) is 9.92. The van der Waals surface area contributed by atoms with Gasteiger partial charge >= 0.3 is 0 Å². The number of ether oxygens (including phenoxy) is 1. The maximum Gasteiger partial charge on any atom is 0.269 e. The molecular weight excluding hydrogens is 410 g/mol. The third-order valence-electron chi connectivity index (χ3n) is 4.59. The van der Waals surface area contributed by atoms with Gasteiger partial charge in [0, 0.05) is 6.54 Å². The number of nitriles is 1. The number of aryl methyl sites for hydroxylation is 1. The molecule has 0 aliphatic rings. The van der Waals surface area contributed by atoms with Crippen LogP contribution in [-0.4, -0.2) is 17.1 Å². The molecule has 0 radical (unpaired) electrons. The van der Waals surface area contributed by atoms with Crippen LogP contribution >= 0.6 is 11.3 Å². The number of amides is 1. The third kappa shape index (κ3) is 4.93. The van der Waals surface area contributed by atoms with Gasteiger partial charge in [-0.2, -0.15) is 5.26 Å². The molecule has 0 unspecified atom stereocenters. The first-order valence-electron chi connectivity index (χ1n) is 9.94. The number of hydrogen-bond acceptors (Lipinski definition) is 5. The Morgan fingerprint density at radius 3 is 2.55 bits per heavy atom. The molecule has 1 aromatic heterocycles. The number of hydrogen-bond donors (Lipinski definition) is 1. The Morgan fingerprint density at radius 2 is 1.90 bits per heavy atom. The van der Waals surface area contributed by atoms with Crippen molar-refractivity contribution in [2.45, 2.75) is 27.3 Å². The molecule has 0 atom stereocenters. The molecule has 0 spiro atoms. The molecule has 0 saturated heterocycles. The summed E-state index contributed by atoms with van der Waals surface area (Å²) in [4.78, 5) is 25.8. The van der Waals surface area contributed by atoms with Gasteiger partial charge in [0.2, 0.25) is 0 Å². The van der Waals surface area contributed by atoms with Gasteiger partial charge < -0.3 is 10.1 Å². The second-order valence-corrected chi connectivity index (χ2v) is 7.78. The van der Waals surface area contributed by atoms with Gasteiger partial charge in [0.25, 0.3) is 11.5 Å². The van der Waals surface area contributed by atoms with Crippen molar-refractivity contribution in [1.29, 1.82) is 5.26 Å². The first kappa shape index (κ1) is 22.1. The van der Waals surface area contributed by atoms with Crippen LogP contribution in [0.2, 0.25) is 0 Å². The number of nitrogens with zero attached hydrogens (tertiary/aromatic N) is 2. The Morgan fingerprint density at radius 1 is 1.19 bits per heavy atom. The van der Waals surface area contributed by atoms with Crippen LogP contribution in [0.5, 0.6) is 5.75 Å². The van der Waals surface area contributed by atoms with Gasteiger partial charge in [0.1, 0.15) is 16.5 Å². The molecule has 0 saturated carbocycles. The number of carbonyl (C=O) groups excluding carboxylic acids is 1. The Bertz CT molecular complexity index is 1310. The van der Waals surface area contributed by atoms with Crippen molar-refractivity contribution in [2.24, 2.45) is 0 Å². The molecule has 0 aliphatic heterocycles. The second-order valence-electron chi connectivity index (χ2n) is 6.75. The lowest BCUT2D eigenvalue weighted by Crippen LogP contribution is -2.33. The average Bonchev–Trinajstić information content (AvgIpc) is 3.06. The molecule has 1 amide bonds. The lowest BCUT2D eigenvalue weighted by Gasteiger charge is -2.10. The van der Waals surface area contributed by atoms with Crippen LogP contribution in [-0.2, 0) is 11.3 Å². The van der Waals surface area contributed by atoms with Crippen molar-refractivity contribution in [1.82, 2.24) is 4.57 Å². The van der Waals surface area contributed by atoms with Gasteiger partial charge in [0.15, 0.2) is 5.57 Å². The molecule has 158 valence electrons. The molecule has 6 nitrogen and oxygen atoms in total. The summed E-state index contributed by atoms with van der Waals surface area (Å²) in [5.74, 6) is -0.0666. The van der Waals surface area contributed by atoms with Crippen molar-refractivity contribution in [3.05, 3.63) is 79.2 Å². The van der Waals surface area contributed by atoms with Crippen molar-refractivity contribution in [3.63, 3.8) is 0 Å².